The van der Waals surface area contributed by atoms with Crippen LogP contribution < -0.4 is 5.43 Å². The molecule has 0 saturated carbocycles. The highest BCUT2D eigenvalue weighted by Gasteiger charge is 2.18. The van der Waals surface area contributed by atoms with Gasteiger partial charge in [-0.15, -0.1) is 0 Å². The van der Waals surface area contributed by atoms with Crippen molar-refractivity contribution in [2.75, 3.05) is 11.2 Å². The SMILES string of the molecule is Cc1nc(SCC(=O)c2cc(C)n(NC(=O)c3ccccc3)c2C)c2ccccc2n1. The zero-order chi connectivity index (χ0) is 22.0. The van der Waals surface area contributed by atoms with Crippen LogP contribution in [0.3, 0.4) is 0 Å². The predicted molar refractivity (Wildman–Crippen MR) is 123 cm³/mol. The molecule has 4 rings (SSSR count). The van der Waals surface area contributed by atoms with E-state index in [1.807, 2.05) is 69.3 Å². The number of carbonyl (C=O) groups excluding carboxylic acids is 2. The number of thioether (sulfide) groups is 1. The number of hydrogen-bond donors (Lipinski definition) is 1. The Bertz CT molecular complexity index is 1280. The molecule has 0 fully saturated rings. The molecule has 0 aliphatic heterocycles. The van der Waals surface area contributed by atoms with E-state index in [9.17, 15) is 9.59 Å². The molecule has 0 bridgehead atoms. The van der Waals surface area contributed by atoms with E-state index in [1.54, 1.807) is 16.8 Å². The second-order valence-corrected chi connectivity index (χ2v) is 8.20. The van der Waals surface area contributed by atoms with Gasteiger partial charge in [0.25, 0.3) is 5.91 Å². The van der Waals surface area contributed by atoms with Crippen LogP contribution in [-0.4, -0.2) is 32.1 Å². The maximum Gasteiger partial charge on any atom is 0.270 e. The maximum absolute atomic E-state index is 13.0. The fraction of sp³-hybridized carbons (Fsp3) is 0.167. The molecule has 2 aromatic heterocycles. The van der Waals surface area contributed by atoms with Gasteiger partial charge in [-0.3, -0.25) is 19.7 Å². The van der Waals surface area contributed by atoms with Gasteiger partial charge in [0.15, 0.2) is 5.78 Å². The molecule has 0 spiro atoms. The average Bonchev–Trinajstić information content (AvgIpc) is 3.06. The monoisotopic (exact) mass is 430 g/mol. The third-order valence-electron chi connectivity index (χ3n) is 5.00. The normalized spacial score (nSPS) is 10.9. The van der Waals surface area contributed by atoms with Crippen molar-refractivity contribution in [2.24, 2.45) is 0 Å². The van der Waals surface area contributed by atoms with Crippen LogP contribution >= 0.6 is 11.8 Å². The number of para-hydroxylation sites is 1. The Balaban J connectivity index is 1.52. The van der Waals surface area contributed by atoms with E-state index in [2.05, 4.69) is 15.4 Å². The second-order valence-electron chi connectivity index (χ2n) is 7.23. The lowest BCUT2D eigenvalue weighted by atomic mass is 10.2. The molecule has 0 aliphatic carbocycles. The van der Waals surface area contributed by atoms with Crippen molar-refractivity contribution in [3.63, 3.8) is 0 Å². The summed E-state index contributed by atoms with van der Waals surface area (Å²) < 4.78 is 1.66. The first kappa shape index (κ1) is 20.8. The molecule has 156 valence electrons. The predicted octanol–water partition coefficient (Wildman–Crippen LogP) is 4.72. The minimum atomic E-state index is -0.223. The number of nitrogens with one attached hydrogen (secondary N) is 1. The zero-order valence-corrected chi connectivity index (χ0v) is 18.4. The molecule has 1 N–H and O–H groups in total. The summed E-state index contributed by atoms with van der Waals surface area (Å²) in [6.45, 7) is 5.55. The van der Waals surface area contributed by atoms with Gasteiger partial charge in [-0.05, 0) is 45.0 Å². The summed E-state index contributed by atoms with van der Waals surface area (Å²) in [6, 6.07) is 18.6. The van der Waals surface area contributed by atoms with Gasteiger partial charge < -0.3 is 0 Å². The summed E-state index contributed by atoms with van der Waals surface area (Å²) in [5.41, 5.74) is 6.39. The van der Waals surface area contributed by atoms with E-state index in [0.717, 1.165) is 21.6 Å². The Labute approximate surface area is 184 Å². The standard InChI is InChI=1S/C24H22N4O2S/c1-15-13-20(16(2)28(15)27-23(30)18-9-5-4-6-10-18)22(29)14-31-24-19-11-7-8-12-21(19)25-17(3)26-24/h4-13H,14H2,1-3H3,(H,27,30). The molecule has 31 heavy (non-hydrogen) atoms. The van der Waals surface area contributed by atoms with Gasteiger partial charge in [0.1, 0.15) is 10.9 Å². The van der Waals surface area contributed by atoms with Crippen LogP contribution in [0.4, 0.5) is 0 Å². The molecule has 6 nitrogen and oxygen atoms in total. The molecule has 4 aromatic rings. The van der Waals surface area contributed by atoms with Gasteiger partial charge >= 0.3 is 0 Å². The van der Waals surface area contributed by atoms with Crippen LogP contribution in [0.2, 0.25) is 0 Å². The highest BCUT2D eigenvalue weighted by molar-refractivity contribution is 8.00. The third-order valence-corrected chi connectivity index (χ3v) is 5.99. The number of ketones is 1. The van der Waals surface area contributed by atoms with E-state index < -0.39 is 0 Å². The summed E-state index contributed by atoms with van der Waals surface area (Å²) in [6.07, 6.45) is 0. The molecule has 0 saturated heterocycles. The molecule has 2 heterocycles. The first-order chi connectivity index (χ1) is 14.9. The number of fused-ring (bicyclic) bond motifs is 1. The van der Waals surface area contributed by atoms with Gasteiger partial charge in [-0.2, -0.15) is 0 Å². The average molecular weight is 431 g/mol. The summed E-state index contributed by atoms with van der Waals surface area (Å²) in [5.74, 6) is 0.685. The highest BCUT2D eigenvalue weighted by atomic mass is 32.2. The Morgan fingerprint density at radius 1 is 0.968 bits per heavy atom. The topological polar surface area (TPSA) is 76.9 Å². The number of hydrogen-bond acceptors (Lipinski definition) is 5. The first-order valence-corrected chi connectivity index (χ1v) is 10.9. The molecule has 0 unspecified atom stereocenters. The summed E-state index contributed by atoms with van der Waals surface area (Å²) in [7, 11) is 0. The van der Waals surface area contributed by atoms with E-state index in [1.165, 1.54) is 11.8 Å². The van der Waals surface area contributed by atoms with Crippen LogP contribution in [-0.2, 0) is 0 Å². The van der Waals surface area contributed by atoms with Crippen molar-refractivity contribution in [1.29, 1.82) is 0 Å². The number of Topliss-reactive ketones (excluding diaryl/α,β-unsaturated/α-hetero) is 1. The van der Waals surface area contributed by atoms with Crippen molar-refractivity contribution in [1.82, 2.24) is 14.6 Å². The molecule has 7 heteroatoms. The van der Waals surface area contributed by atoms with Crippen molar-refractivity contribution in [3.8, 4) is 0 Å². The maximum atomic E-state index is 13.0. The lowest BCUT2D eigenvalue weighted by molar-refractivity contribution is 0.0999. The number of amides is 1. The van der Waals surface area contributed by atoms with E-state index in [-0.39, 0.29) is 17.4 Å². The smallest absolute Gasteiger partial charge is 0.270 e. The molecule has 0 radical (unpaired) electrons. The lowest BCUT2D eigenvalue weighted by Crippen LogP contribution is -2.25. The number of nitrogens with zero attached hydrogens (tertiary/aromatic N) is 3. The summed E-state index contributed by atoms with van der Waals surface area (Å²) >= 11 is 1.40. The Morgan fingerprint density at radius 3 is 2.45 bits per heavy atom. The quantitative estimate of drug-likeness (QED) is 0.272. The van der Waals surface area contributed by atoms with Crippen LogP contribution in [0.15, 0.2) is 65.7 Å². The lowest BCUT2D eigenvalue weighted by Gasteiger charge is -2.11. The second kappa shape index (κ2) is 8.73. The molecule has 0 atom stereocenters. The third kappa shape index (κ3) is 4.36. The Hall–Kier alpha value is -3.45. The van der Waals surface area contributed by atoms with Gasteiger partial charge in [0, 0.05) is 27.9 Å². The minimum Gasteiger partial charge on any atom is -0.293 e. The summed E-state index contributed by atoms with van der Waals surface area (Å²) in [4.78, 5) is 34.5. The Kier molecular flexibility index (Phi) is 5.86. The fourth-order valence-electron chi connectivity index (χ4n) is 3.45. The number of aromatic nitrogens is 3. The van der Waals surface area contributed by atoms with Gasteiger partial charge in [0.2, 0.25) is 0 Å². The van der Waals surface area contributed by atoms with Crippen LogP contribution in [0.25, 0.3) is 10.9 Å². The van der Waals surface area contributed by atoms with Crippen molar-refractivity contribution in [3.05, 3.63) is 89.0 Å². The van der Waals surface area contributed by atoms with Gasteiger partial charge in [-0.25, -0.2) is 9.97 Å². The van der Waals surface area contributed by atoms with E-state index >= 15 is 0 Å². The highest BCUT2D eigenvalue weighted by Crippen LogP contribution is 2.26. The molecule has 2 aromatic carbocycles. The van der Waals surface area contributed by atoms with E-state index in [0.29, 0.717) is 22.6 Å². The van der Waals surface area contributed by atoms with Crippen molar-refractivity contribution >= 4 is 34.4 Å². The molecular formula is C24H22N4O2S. The van der Waals surface area contributed by atoms with Crippen LogP contribution in [0.1, 0.15) is 37.9 Å². The van der Waals surface area contributed by atoms with Gasteiger partial charge in [-0.1, -0.05) is 48.2 Å². The fourth-order valence-corrected chi connectivity index (χ4v) is 4.40. The largest absolute Gasteiger partial charge is 0.293 e. The number of carbonyl (C=O) groups is 2. The van der Waals surface area contributed by atoms with E-state index in [4.69, 9.17) is 0 Å². The van der Waals surface area contributed by atoms with Crippen molar-refractivity contribution < 1.29 is 9.59 Å². The number of rotatable bonds is 6. The number of aryl methyl sites for hydroxylation is 2. The Morgan fingerprint density at radius 2 is 1.68 bits per heavy atom. The summed E-state index contributed by atoms with van der Waals surface area (Å²) in [5, 5.41) is 1.73. The molecule has 1 amide bonds. The number of benzene rings is 2. The molecule has 0 aliphatic rings. The van der Waals surface area contributed by atoms with Crippen LogP contribution in [0.5, 0.6) is 0 Å². The zero-order valence-electron chi connectivity index (χ0n) is 17.5. The van der Waals surface area contributed by atoms with Crippen molar-refractivity contribution in [2.45, 2.75) is 25.8 Å². The molecular weight excluding hydrogens is 408 g/mol. The first-order valence-electron chi connectivity index (χ1n) is 9.89. The van der Waals surface area contributed by atoms with Gasteiger partial charge in [0.05, 0.1) is 11.3 Å². The minimum absolute atomic E-state index is 0.0151. The van der Waals surface area contributed by atoms with Crippen LogP contribution in [0, 0.1) is 20.8 Å².